The number of carbonyl (C=O) groups is 1. The summed E-state index contributed by atoms with van der Waals surface area (Å²) in [5.74, 6) is -0.306. The van der Waals surface area contributed by atoms with Crippen LogP contribution in [0.25, 0.3) is 11.3 Å². The van der Waals surface area contributed by atoms with E-state index in [9.17, 15) is 9.18 Å². The van der Waals surface area contributed by atoms with Crippen LogP contribution in [0.15, 0.2) is 66.0 Å². The lowest BCUT2D eigenvalue weighted by Gasteiger charge is -2.36. The fraction of sp³-hybridized carbons (Fsp3) is 0.227. The first-order chi connectivity index (χ1) is 14.2. The summed E-state index contributed by atoms with van der Waals surface area (Å²) < 4.78 is 13.2. The van der Waals surface area contributed by atoms with Gasteiger partial charge in [0.2, 0.25) is 0 Å². The third-order valence-corrected chi connectivity index (χ3v) is 5.55. The van der Waals surface area contributed by atoms with E-state index in [1.807, 2.05) is 41.5 Å². The summed E-state index contributed by atoms with van der Waals surface area (Å²) in [5, 5.41) is 0.640. The number of carbonyl (C=O) groups excluding carboxylic acids is 1. The van der Waals surface area contributed by atoms with Crippen LogP contribution in [-0.2, 0) is 0 Å². The fourth-order valence-electron chi connectivity index (χ4n) is 3.43. The molecule has 7 heteroatoms. The van der Waals surface area contributed by atoms with Gasteiger partial charge in [-0.1, -0.05) is 42.1 Å². The van der Waals surface area contributed by atoms with Gasteiger partial charge in [-0.2, -0.15) is 0 Å². The van der Waals surface area contributed by atoms with Gasteiger partial charge >= 0.3 is 0 Å². The summed E-state index contributed by atoms with van der Waals surface area (Å²) in [6.45, 7) is 2.58. The van der Waals surface area contributed by atoms with Gasteiger partial charge < -0.3 is 9.80 Å². The van der Waals surface area contributed by atoms with Crippen molar-refractivity contribution in [2.24, 2.45) is 0 Å². The molecule has 0 unspecified atom stereocenters. The van der Waals surface area contributed by atoms with E-state index in [1.165, 1.54) is 23.9 Å². The number of nitrogens with zero attached hydrogens (tertiary/aromatic N) is 4. The van der Waals surface area contributed by atoms with Crippen molar-refractivity contribution in [2.75, 3.05) is 37.3 Å². The zero-order chi connectivity index (χ0) is 20.2. The third kappa shape index (κ3) is 4.24. The predicted octanol–water partition coefficient (Wildman–Crippen LogP) is 3.97. The molecule has 5 nitrogen and oxygen atoms in total. The summed E-state index contributed by atoms with van der Waals surface area (Å²) in [6.07, 6.45) is 3.55. The molecule has 1 aromatic heterocycles. The van der Waals surface area contributed by atoms with Crippen molar-refractivity contribution in [3.63, 3.8) is 0 Å². The van der Waals surface area contributed by atoms with Crippen LogP contribution in [0.1, 0.15) is 10.4 Å². The number of anilines is 1. The Morgan fingerprint density at radius 1 is 1.00 bits per heavy atom. The molecule has 0 aliphatic carbocycles. The number of hydrogen-bond donors (Lipinski definition) is 0. The van der Waals surface area contributed by atoms with Crippen LogP contribution in [0.2, 0.25) is 0 Å². The van der Waals surface area contributed by atoms with Gasteiger partial charge in [-0.15, -0.1) is 0 Å². The van der Waals surface area contributed by atoms with Gasteiger partial charge in [0.25, 0.3) is 5.91 Å². The first kappa shape index (κ1) is 19.4. The van der Waals surface area contributed by atoms with E-state index >= 15 is 0 Å². The average molecular weight is 409 g/mol. The summed E-state index contributed by atoms with van der Waals surface area (Å²) in [4.78, 5) is 26.2. The Bertz CT molecular complexity index is 989. The predicted molar refractivity (Wildman–Crippen MR) is 114 cm³/mol. The monoisotopic (exact) mass is 408 g/mol. The molecule has 1 aliphatic heterocycles. The van der Waals surface area contributed by atoms with Crippen LogP contribution in [0.3, 0.4) is 0 Å². The van der Waals surface area contributed by atoms with Crippen molar-refractivity contribution in [3.05, 3.63) is 72.2 Å². The molecule has 0 saturated carbocycles. The number of hydrogen-bond acceptors (Lipinski definition) is 5. The summed E-state index contributed by atoms with van der Waals surface area (Å²) in [5.41, 5.74) is 3.05. The Morgan fingerprint density at radius 3 is 2.34 bits per heavy atom. The number of rotatable bonds is 4. The maximum Gasteiger partial charge on any atom is 0.257 e. The molecule has 148 valence electrons. The van der Waals surface area contributed by atoms with Gasteiger partial charge in [-0.05, 0) is 30.5 Å². The molecule has 1 amide bonds. The van der Waals surface area contributed by atoms with E-state index in [4.69, 9.17) is 0 Å². The normalized spacial score (nSPS) is 14.1. The number of halogens is 1. The molecule has 2 heterocycles. The second-order valence-electron chi connectivity index (χ2n) is 6.74. The fourth-order valence-corrected chi connectivity index (χ4v) is 3.77. The van der Waals surface area contributed by atoms with Gasteiger partial charge in [-0.3, -0.25) is 4.79 Å². The number of benzene rings is 2. The Kier molecular flexibility index (Phi) is 5.76. The minimum Gasteiger partial charge on any atom is -0.368 e. The number of aromatic nitrogens is 2. The van der Waals surface area contributed by atoms with Gasteiger partial charge in [-0.25, -0.2) is 14.4 Å². The highest BCUT2D eigenvalue weighted by Gasteiger charge is 2.25. The summed E-state index contributed by atoms with van der Waals surface area (Å²) >= 11 is 1.45. The van der Waals surface area contributed by atoms with Crippen LogP contribution < -0.4 is 4.90 Å². The van der Waals surface area contributed by atoms with Crippen molar-refractivity contribution in [1.29, 1.82) is 0 Å². The maximum atomic E-state index is 13.3. The number of piperazine rings is 1. The molecular weight excluding hydrogens is 387 g/mol. The first-order valence-electron chi connectivity index (χ1n) is 9.42. The largest absolute Gasteiger partial charge is 0.368 e. The molecule has 1 fully saturated rings. The van der Waals surface area contributed by atoms with Gasteiger partial charge in [0, 0.05) is 43.6 Å². The molecular formula is C22H21FN4OS. The van der Waals surface area contributed by atoms with Crippen molar-refractivity contribution in [1.82, 2.24) is 14.9 Å². The Labute approximate surface area is 173 Å². The van der Waals surface area contributed by atoms with Gasteiger partial charge in [0.15, 0.2) is 5.16 Å². The third-order valence-electron chi connectivity index (χ3n) is 4.99. The van der Waals surface area contributed by atoms with Crippen molar-refractivity contribution in [3.8, 4) is 11.3 Å². The minimum atomic E-state index is -0.246. The summed E-state index contributed by atoms with van der Waals surface area (Å²) in [6, 6.07) is 16.2. The van der Waals surface area contributed by atoms with E-state index < -0.39 is 0 Å². The summed E-state index contributed by atoms with van der Waals surface area (Å²) in [7, 11) is 0. The molecule has 0 spiro atoms. The van der Waals surface area contributed by atoms with Gasteiger partial charge in [0.05, 0.1) is 11.3 Å². The van der Waals surface area contributed by atoms with Crippen LogP contribution in [0, 0.1) is 5.82 Å². The number of amides is 1. The van der Waals surface area contributed by atoms with Crippen LogP contribution >= 0.6 is 11.8 Å². The first-order valence-corrected chi connectivity index (χ1v) is 10.6. The average Bonchev–Trinajstić information content (AvgIpc) is 2.79. The van der Waals surface area contributed by atoms with E-state index in [0.29, 0.717) is 42.6 Å². The molecule has 0 atom stereocenters. The van der Waals surface area contributed by atoms with E-state index in [0.717, 1.165) is 11.3 Å². The van der Waals surface area contributed by atoms with Crippen molar-refractivity contribution >= 4 is 23.4 Å². The topological polar surface area (TPSA) is 49.3 Å². The van der Waals surface area contributed by atoms with Crippen LogP contribution in [-0.4, -0.2) is 53.2 Å². The maximum absolute atomic E-state index is 13.3. The minimum absolute atomic E-state index is 0.0599. The standard InChI is InChI=1S/C22H21FN4OS/c1-29-22-24-15-19(20(25-22)16-5-3-2-4-6-16)21(28)27-13-11-26(12-14-27)18-9-7-17(23)8-10-18/h2-10,15H,11-14H2,1H3. The lowest BCUT2D eigenvalue weighted by atomic mass is 10.1. The molecule has 0 radical (unpaired) electrons. The molecule has 1 aliphatic rings. The lowest BCUT2D eigenvalue weighted by molar-refractivity contribution is 0.0746. The second kappa shape index (κ2) is 8.61. The molecule has 0 bridgehead atoms. The van der Waals surface area contributed by atoms with E-state index in [-0.39, 0.29) is 11.7 Å². The highest BCUT2D eigenvalue weighted by molar-refractivity contribution is 7.98. The SMILES string of the molecule is CSc1ncc(C(=O)N2CCN(c3ccc(F)cc3)CC2)c(-c2ccccc2)n1. The molecule has 1 saturated heterocycles. The van der Waals surface area contributed by atoms with Crippen molar-refractivity contribution < 1.29 is 9.18 Å². The molecule has 0 N–H and O–H groups in total. The quantitative estimate of drug-likeness (QED) is 0.483. The molecule has 2 aromatic carbocycles. The number of thioether (sulfide) groups is 1. The molecule has 29 heavy (non-hydrogen) atoms. The van der Waals surface area contributed by atoms with E-state index in [2.05, 4.69) is 14.9 Å². The van der Waals surface area contributed by atoms with Crippen molar-refractivity contribution in [2.45, 2.75) is 5.16 Å². The Morgan fingerprint density at radius 2 is 1.69 bits per heavy atom. The Balaban J connectivity index is 1.54. The van der Waals surface area contributed by atoms with E-state index in [1.54, 1.807) is 18.3 Å². The zero-order valence-electron chi connectivity index (χ0n) is 16.1. The van der Waals surface area contributed by atoms with Crippen LogP contribution in [0.4, 0.5) is 10.1 Å². The second-order valence-corrected chi connectivity index (χ2v) is 7.51. The highest BCUT2D eigenvalue weighted by Crippen LogP contribution is 2.25. The zero-order valence-corrected chi connectivity index (χ0v) is 16.9. The smallest absolute Gasteiger partial charge is 0.257 e. The molecule has 4 rings (SSSR count). The highest BCUT2D eigenvalue weighted by atomic mass is 32.2. The Hall–Kier alpha value is -2.93. The lowest BCUT2D eigenvalue weighted by Crippen LogP contribution is -2.49. The van der Waals surface area contributed by atoms with Gasteiger partial charge in [0.1, 0.15) is 5.82 Å². The molecule has 3 aromatic rings. The van der Waals surface area contributed by atoms with Crippen LogP contribution in [0.5, 0.6) is 0 Å².